The number of benzene rings is 2. The first-order valence-electron chi connectivity index (χ1n) is 6.38. The van der Waals surface area contributed by atoms with E-state index in [0.717, 1.165) is 5.56 Å². The summed E-state index contributed by atoms with van der Waals surface area (Å²) < 4.78 is 5.53. The molecule has 2 rings (SSSR count). The molecule has 2 aromatic carbocycles. The van der Waals surface area contributed by atoms with Gasteiger partial charge in [-0.25, -0.2) is 4.79 Å². The molecule has 1 amide bonds. The molecule has 21 heavy (non-hydrogen) atoms. The van der Waals surface area contributed by atoms with Crippen molar-refractivity contribution in [3.63, 3.8) is 0 Å². The van der Waals surface area contributed by atoms with E-state index in [9.17, 15) is 9.59 Å². The molecule has 0 atom stereocenters. The first-order valence-corrected chi connectivity index (χ1v) is 6.38. The van der Waals surface area contributed by atoms with Gasteiger partial charge in [-0.3, -0.25) is 4.79 Å². The fraction of sp³-hybridized carbons (Fsp3) is 0.125. The lowest BCUT2D eigenvalue weighted by Crippen LogP contribution is -2.17. The molecule has 0 unspecified atom stereocenters. The van der Waals surface area contributed by atoms with Gasteiger partial charge in [-0.05, 0) is 29.8 Å². The highest BCUT2D eigenvalue weighted by Crippen LogP contribution is 2.19. The van der Waals surface area contributed by atoms with Gasteiger partial charge < -0.3 is 15.2 Å². The minimum atomic E-state index is -1.03. The lowest BCUT2D eigenvalue weighted by molar-refractivity contribution is 0.0691. The predicted molar refractivity (Wildman–Crippen MR) is 77.6 cm³/mol. The Balaban J connectivity index is 2.07. The number of carboxylic acids is 1. The van der Waals surface area contributed by atoms with Crippen molar-refractivity contribution in [2.75, 3.05) is 7.05 Å². The minimum absolute atomic E-state index is 0.125. The molecule has 0 aromatic heterocycles. The van der Waals surface area contributed by atoms with Crippen molar-refractivity contribution < 1.29 is 19.4 Å². The van der Waals surface area contributed by atoms with Crippen molar-refractivity contribution in [3.8, 4) is 5.75 Å². The third-order valence-electron chi connectivity index (χ3n) is 2.95. The summed E-state index contributed by atoms with van der Waals surface area (Å²) in [5.41, 5.74) is 1.54. The van der Waals surface area contributed by atoms with E-state index in [1.165, 1.54) is 6.07 Å². The number of rotatable bonds is 5. The molecule has 108 valence electrons. The first kappa shape index (κ1) is 14.6. The summed E-state index contributed by atoms with van der Waals surface area (Å²) in [6.07, 6.45) is 0. The van der Waals surface area contributed by atoms with Crippen LogP contribution in [0.1, 0.15) is 26.3 Å². The number of hydrogen-bond donors (Lipinski definition) is 2. The summed E-state index contributed by atoms with van der Waals surface area (Å²) in [5.74, 6) is -0.861. The number of para-hydroxylation sites is 1. The zero-order valence-electron chi connectivity index (χ0n) is 11.5. The second-order valence-electron chi connectivity index (χ2n) is 4.37. The zero-order chi connectivity index (χ0) is 15.2. The molecule has 0 aliphatic rings. The molecule has 0 aliphatic carbocycles. The summed E-state index contributed by atoms with van der Waals surface area (Å²) in [5, 5.41) is 11.6. The Morgan fingerprint density at radius 1 is 1.10 bits per heavy atom. The lowest BCUT2D eigenvalue weighted by Gasteiger charge is -2.09. The van der Waals surface area contributed by atoms with E-state index in [4.69, 9.17) is 9.84 Å². The van der Waals surface area contributed by atoms with Gasteiger partial charge in [0.2, 0.25) is 0 Å². The Bertz CT molecular complexity index is 650. The van der Waals surface area contributed by atoms with Gasteiger partial charge >= 0.3 is 5.97 Å². The van der Waals surface area contributed by atoms with Crippen LogP contribution in [0, 0.1) is 0 Å². The van der Waals surface area contributed by atoms with Gasteiger partial charge in [-0.1, -0.05) is 24.3 Å². The van der Waals surface area contributed by atoms with Gasteiger partial charge in [-0.2, -0.15) is 0 Å². The number of carbonyl (C=O) groups is 2. The van der Waals surface area contributed by atoms with Crippen LogP contribution in [-0.2, 0) is 6.61 Å². The number of amides is 1. The highest BCUT2D eigenvalue weighted by atomic mass is 16.5. The average Bonchev–Trinajstić information content (AvgIpc) is 2.52. The Morgan fingerprint density at radius 3 is 2.38 bits per heavy atom. The van der Waals surface area contributed by atoms with E-state index in [0.29, 0.717) is 11.3 Å². The summed E-state index contributed by atoms with van der Waals surface area (Å²) in [6.45, 7) is 0.234. The lowest BCUT2D eigenvalue weighted by atomic mass is 10.1. The van der Waals surface area contributed by atoms with Crippen molar-refractivity contribution in [2.45, 2.75) is 6.61 Å². The highest BCUT2D eigenvalue weighted by Gasteiger charge is 2.10. The van der Waals surface area contributed by atoms with E-state index in [1.54, 1.807) is 49.5 Å². The van der Waals surface area contributed by atoms with Crippen molar-refractivity contribution in [1.29, 1.82) is 0 Å². The van der Waals surface area contributed by atoms with E-state index < -0.39 is 5.97 Å². The average molecular weight is 285 g/mol. The van der Waals surface area contributed by atoms with Crippen molar-refractivity contribution in [2.24, 2.45) is 0 Å². The number of hydrogen-bond acceptors (Lipinski definition) is 3. The number of carbonyl (C=O) groups excluding carboxylic acids is 1. The van der Waals surface area contributed by atoms with Crippen molar-refractivity contribution in [1.82, 2.24) is 5.32 Å². The van der Waals surface area contributed by atoms with E-state index in [-0.39, 0.29) is 18.1 Å². The van der Waals surface area contributed by atoms with Gasteiger partial charge in [0.1, 0.15) is 17.9 Å². The minimum Gasteiger partial charge on any atom is -0.488 e. The van der Waals surface area contributed by atoms with Crippen molar-refractivity contribution >= 4 is 11.9 Å². The zero-order valence-corrected chi connectivity index (χ0v) is 11.5. The van der Waals surface area contributed by atoms with Gasteiger partial charge in [-0.15, -0.1) is 0 Å². The highest BCUT2D eigenvalue weighted by molar-refractivity contribution is 5.94. The predicted octanol–water partition coefficient (Wildman–Crippen LogP) is 2.32. The molecule has 0 aliphatic heterocycles. The Hall–Kier alpha value is -2.82. The van der Waals surface area contributed by atoms with Crippen LogP contribution in [0.5, 0.6) is 5.75 Å². The van der Waals surface area contributed by atoms with Crippen LogP contribution >= 0.6 is 0 Å². The van der Waals surface area contributed by atoms with Crippen LogP contribution in [-0.4, -0.2) is 24.0 Å². The number of ether oxygens (including phenoxy) is 1. The van der Waals surface area contributed by atoms with E-state index >= 15 is 0 Å². The molecule has 5 heteroatoms. The van der Waals surface area contributed by atoms with Crippen LogP contribution < -0.4 is 10.1 Å². The SMILES string of the molecule is CNC(=O)c1ccc(COc2ccccc2C(=O)O)cc1. The van der Waals surface area contributed by atoms with Crippen LogP contribution in [0.25, 0.3) is 0 Å². The molecule has 0 saturated heterocycles. The molecule has 0 bridgehead atoms. The summed E-state index contributed by atoms with van der Waals surface area (Å²) in [7, 11) is 1.57. The third-order valence-corrected chi connectivity index (χ3v) is 2.95. The summed E-state index contributed by atoms with van der Waals surface area (Å²) in [4.78, 5) is 22.5. The Kier molecular flexibility index (Phi) is 4.56. The second-order valence-corrected chi connectivity index (χ2v) is 4.37. The van der Waals surface area contributed by atoms with Gasteiger partial charge in [0.15, 0.2) is 0 Å². The molecule has 0 spiro atoms. The van der Waals surface area contributed by atoms with Crippen LogP contribution in [0.4, 0.5) is 0 Å². The second kappa shape index (κ2) is 6.56. The van der Waals surface area contributed by atoms with E-state index in [1.807, 2.05) is 0 Å². The third kappa shape index (κ3) is 3.60. The maximum Gasteiger partial charge on any atom is 0.339 e. The summed E-state index contributed by atoms with van der Waals surface area (Å²) in [6, 6.07) is 13.4. The molecule has 5 nitrogen and oxygen atoms in total. The molecular formula is C16H15NO4. The van der Waals surface area contributed by atoms with Gasteiger partial charge in [0.05, 0.1) is 0 Å². The molecular weight excluding hydrogens is 270 g/mol. The number of nitrogens with one attached hydrogen (secondary N) is 1. The first-order chi connectivity index (χ1) is 10.1. The molecule has 0 saturated carbocycles. The standard InChI is InChI=1S/C16H15NO4/c1-17-15(18)12-8-6-11(7-9-12)10-21-14-5-3-2-4-13(14)16(19)20/h2-9H,10H2,1H3,(H,17,18)(H,19,20). The Labute approximate surface area is 122 Å². The van der Waals surface area contributed by atoms with Gasteiger partial charge in [0.25, 0.3) is 5.91 Å². The van der Waals surface area contributed by atoms with Crippen molar-refractivity contribution in [3.05, 3.63) is 65.2 Å². The topological polar surface area (TPSA) is 75.6 Å². The monoisotopic (exact) mass is 285 g/mol. The largest absolute Gasteiger partial charge is 0.488 e. The molecule has 0 heterocycles. The van der Waals surface area contributed by atoms with Gasteiger partial charge in [0, 0.05) is 12.6 Å². The fourth-order valence-electron chi connectivity index (χ4n) is 1.83. The normalized spacial score (nSPS) is 9.95. The van der Waals surface area contributed by atoms with Crippen LogP contribution in [0.3, 0.4) is 0 Å². The fourth-order valence-corrected chi connectivity index (χ4v) is 1.83. The molecule has 0 fully saturated rings. The maximum atomic E-state index is 11.4. The number of carboxylic acid groups (broad SMARTS) is 1. The smallest absolute Gasteiger partial charge is 0.339 e. The maximum absolute atomic E-state index is 11.4. The van der Waals surface area contributed by atoms with E-state index in [2.05, 4.69) is 5.32 Å². The van der Waals surface area contributed by atoms with Crippen LogP contribution in [0.15, 0.2) is 48.5 Å². The Morgan fingerprint density at radius 2 is 1.76 bits per heavy atom. The molecule has 2 N–H and O–H groups in total. The summed E-state index contributed by atoms with van der Waals surface area (Å²) >= 11 is 0. The molecule has 0 radical (unpaired) electrons. The number of aromatic carboxylic acids is 1. The quantitative estimate of drug-likeness (QED) is 0.884. The molecule has 2 aromatic rings. The van der Waals surface area contributed by atoms with Crippen LogP contribution in [0.2, 0.25) is 0 Å².